The Labute approximate surface area is 133 Å². The van der Waals surface area contributed by atoms with Gasteiger partial charge < -0.3 is 5.32 Å². The van der Waals surface area contributed by atoms with Gasteiger partial charge in [-0.3, -0.25) is 9.89 Å². The zero-order valence-corrected chi connectivity index (χ0v) is 14.5. The van der Waals surface area contributed by atoms with Crippen LogP contribution in [-0.2, 0) is 5.41 Å². The highest BCUT2D eigenvalue weighted by atomic mass is 79.9. The number of anilines is 1. The fourth-order valence-electron chi connectivity index (χ4n) is 1.47. The maximum Gasteiger partial charge on any atom is 0.295 e. The molecule has 0 atom stereocenters. The second-order valence-electron chi connectivity index (χ2n) is 5.34. The second-order valence-corrected chi connectivity index (χ2v) is 7.11. The Balaban J connectivity index is 2.18. The number of rotatable bonds is 2. The van der Waals surface area contributed by atoms with E-state index in [2.05, 4.69) is 52.4 Å². The Morgan fingerprint density at radius 2 is 2.00 bits per heavy atom. The largest absolute Gasteiger partial charge is 0.318 e. The van der Waals surface area contributed by atoms with Crippen LogP contribution in [-0.4, -0.2) is 21.1 Å². The fraction of sp³-hybridized carbons (Fsp3) is 0.308. The Bertz CT molecular complexity index is 646. The summed E-state index contributed by atoms with van der Waals surface area (Å²) in [5, 5.41) is 9.52. The number of hydrogen-bond acceptors (Lipinski definition) is 3. The van der Waals surface area contributed by atoms with E-state index in [0.29, 0.717) is 11.5 Å². The predicted molar refractivity (Wildman–Crippen MR) is 84.9 cm³/mol. The molecule has 2 rings (SSSR count). The molecule has 1 aromatic heterocycles. The number of nitrogens with one attached hydrogen (secondary N) is 2. The van der Waals surface area contributed by atoms with E-state index in [-0.39, 0.29) is 17.1 Å². The summed E-state index contributed by atoms with van der Waals surface area (Å²) >= 11 is 6.75. The molecule has 1 amide bonds. The first-order valence-electron chi connectivity index (χ1n) is 5.96. The molecular formula is C13H14Br2N4O. The standard InChI is InChI=1S/C13H14Br2N4O/c1-13(2,3)12-17-10(18-19-12)11(20)16-9-5-4-7(14)6-8(9)15/h4-6H,1-3H3,(H,16,20)(H,17,18,19). The van der Waals surface area contributed by atoms with Crippen molar-refractivity contribution in [3.05, 3.63) is 38.8 Å². The van der Waals surface area contributed by atoms with Gasteiger partial charge in [-0.25, -0.2) is 4.98 Å². The Morgan fingerprint density at radius 3 is 2.55 bits per heavy atom. The molecule has 7 heteroatoms. The summed E-state index contributed by atoms with van der Waals surface area (Å²) in [6, 6.07) is 5.50. The summed E-state index contributed by atoms with van der Waals surface area (Å²) in [6.07, 6.45) is 0. The molecule has 0 fully saturated rings. The molecule has 0 radical (unpaired) electrons. The summed E-state index contributed by atoms with van der Waals surface area (Å²) < 4.78 is 1.71. The number of aromatic nitrogens is 3. The molecule has 0 aliphatic carbocycles. The molecule has 20 heavy (non-hydrogen) atoms. The maximum atomic E-state index is 12.1. The lowest BCUT2D eigenvalue weighted by molar-refractivity contribution is 0.101. The second kappa shape index (κ2) is 5.65. The third kappa shape index (κ3) is 3.46. The maximum absolute atomic E-state index is 12.1. The van der Waals surface area contributed by atoms with Crippen molar-refractivity contribution in [2.75, 3.05) is 5.32 Å². The number of amides is 1. The fourth-order valence-corrected chi connectivity index (χ4v) is 2.61. The van der Waals surface area contributed by atoms with Crippen LogP contribution in [0.1, 0.15) is 37.2 Å². The van der Waals surface area contributed by atoms with E-state index in [0.717, 1.165) is 8.95 Å². The van der Waals surface area contributed by atoms with E-state index in [1.807, 2.05) is 32.9 Å². The average Bonchev–Trinajstić information content (AvgIpc) is 2.82. The molecule has 0 unspecified atom stereocenters. The molecule has 0 bridgehead atoms. The van der Waals surface area contributed by atoms with E-state index >= 15 is 0 Å². The lowest BCUT2D eigenvalue weighted by Gasteiger charge is -2.12. The van der Waals surface area contributed by atoms with Gasteiger partial charge in [-0.2, -0.15) is 0 Å². The minimum Gasteiger partial charge on any atom is -0.318 e. The topological polar surface area (TPSA) is 70.7 Å². The first kappa shape index (κ1) is 15.2. The van der Waals surface area contributed by atoms with Crippen molar-refractivity contribution in [1.82, 2.24) is 15.2 Å². The van der Waals surface area contributed by atoms with Gasteiger partial charge in [0.15, 0.2) is 0 Å². The van der Waals surface area contributed by atoms with E-state index in [1.54, 1.807) is 6.07 Å². The highest BCUT2D eigenvalue weighted by Crippen LogP contribution is 2.26. The van der Waals surface area contributed by atoms with E-state index in [9.17, 15) is 4.79 Å². The van der Waals surface area contributed by atoms with Gasteiger partial charge in [0.1, 0.15) is 5.82 Å². The van der Waals surface area contributed by atoms with Crippen LogP contribution >= 0.6 is 31.9 Å². The van der Waals surface area contributed by atoms with Gasteiger partial charge in [-0.1, -0.05) is 36.7 Å². The molecule has 2 aromatic rings. The normalized spacial score (nSPS) is 11.4. The number of nitrogens with zero attached hydrogens (tertiary/aromatic N) is 2. The van der Waals surface area contributed by atoms with Crippen molar-refractivity contribution in [3.8, 4) is 0 Å². The van der Waals surface area contributed by atoms with Gasteiger partial charge >= 0.3 is 0 Å². The van der Waals surface area contributed by atoms with Crippen molar-refractivity contribution in [3.63, 3.8) is 0 Å². The van der Waals surface area contributed by atoms with Gasteiger partial charge in [-0.15, -0.1) is 5.10 Å². The van der Waals surface area contributed by atoms with Crippen LogP contribution in [0.5, 0.6) is 0 Å². The molecule has 106 valence electrons. The molecule has 1 aromatic carbocycles. The summed E-state index contributed by atoms with van der Waals surface area (Å²) in [4.78, 5) is 16.3. The van der Waals surface area contributed by atoms with Gasteiger partial charge in [0.05, 0.1) is 5.69 Å². The average molecular weight is 402 g/mol. The summed E-state index contributed by atoms with van der Waals surface area (Å²) in [5.74, 6) is 0.460. The minimum atomic E-state index is -0.347. The number of aromatic amines is 1. The van der Waals surface area contributed by atoms with E-state index in [1.165, 1.54) is 0 Å². The van der Waals surface area contributed by atoms with E-state index in [4.69, 9.17) is 0 Å². The minimum absolute atomic E-state index is 0.129. The summed E-state index contributed by atoms with van der Waals surface area (Å²) in [5.41, 5.74) is 0.490. The van der Waals surface area contributed by atoms with Crippen LogP contribution in [0.4, 0.5) is 5.69 Å². The van der Waals surface area contributed by atoms with Crippen LogP contribution in [0, 0.1) is 0 Å². The van der Waals surface area contributed by atoms with Crippen molar-refractivity contribution < 1.29 is 4.79 Å². The van der Waals surface area contributed by atoms with Gasteiger partial charge in [0.2, 0.25) is 5.82 Å². The first-order chi connectivity index (χ1) is 9.27. The smallest absolute Gasteiger partial charge is 0.295 e. The molecule has 0 spiro atoms. The highest BCUT2D eigenvalue weighted by molar-refractivity contribution is 9.11. The third-order valence-corrected chi connectivity index (χ3v) is 3.73. The Kier molecular flexibility index (Phi) is 4.29. The number of halogens is 2. The molecule has 0 aliphatic rings. The lowest BCUT2D eigenvalue weighted by atomic mass is 9.96. The summed E-state index contributed by atoms with van der Waals surface area (Å²) in [7, 11) is 0. The van der Waals surface area contributed by atoms with Crippen molar-refractivity contribution in [2.45, 2.75) is 26.2 Å². The monoisotopic (exact) mass is 400 g/mol. The first-order valence-corrected chi connectivity index (χ1v) is 7.55. The number of hydrogen-bond donors (Lipinski definition) is 2. The van der Waals surface area contributed by atoms with Crippen LogP contribution in [0.15, 0.2) is 27.1 Å². The molecule has 0 saturated heterocycles. The van der Waals surface area contributed by atoms with Crippen molar-refractivity contribution in [1.29, 1.82) is 0 Å². The molecule has 0 aliphatic heterocycles. The van der Waals surface area contributed by atoms with Crippen LogP contribution in [0.3, 0.4) is 0 Å². The zero-order valence-electron chi connectivity index (χ0n) is 11.3. The number of H-pyrrole nitrogens is 1. The predicted octanol–water partition coefficient (Wildman–Crippen LogP) is 3.88. The van der Waals surface area contributed by atoms with Gasteiger partial charge in [0.25, 0.3) is 5.91 Å². The SMILES string of the molecule is CC(C)(C)c1nc(C(=O)Nc2ccc(Br)cc2Br)n[nH]1. The molecule has 0 saturated carbocycles. The molecule has 1 heterocycles. The zero-order chi connectivity index (χ0) is 14.9. The van der Waals surface area contributed by atoms with Gasteiger partial charge in [-0.05, 0) is 34.1 Å². The van der Waals surface area contributed by atoms with Crippen molar-refractivity contribution in [2.24, 2.45) is 0 Å². The quantitative estimate of drug-likeness (QED) is 0.801. The highest BCUT2D eigenvalue weighted by Gasteiger charge is 2.21. The van der Waals surface area contributed by atoms with Gasteiger partial charge in [0, 0.05) is 14.4 Å². The van der Waals surface area contributed by atoms with E-state index < -0.39 is 0 Å². The third-order valence-electron chi connectivity index (χ3n) is 2.58. The summed E-state index contributed by atoms with van der Waals surface area (Å²) in [6.45, 7) is 6.00. The number of carbonyl (C=O) groups is 1. The lowest BCUT2D eigenvalue weighted by Crippen LogP contribution is -2.16. The van der Waals surface area contributed by atoms with Crippen LogP contribution in [0.2, 0.25) is 0 Å². The van der Waals surface area contributed by atoms with Crippen LogP contribution < -0.4 is 5.32 Å². The Morgan fingerprint density at radius 1 is 1.30 bits per heavy atom. The Hall–Kier alpha value is -1.21. The number of benzene rings is 1. The number of carbonyl (C=O) groups excluding carboxylic acids is 1. The molecular weight excluding hydrogens is 388 g/mol. The molecule has 2 N–H and O–H groups in total. The van der Waals surface area contributed by atoms with Crippen molar-refractivity contribution >= 4 is 43.5 Å². The van der Waals surface area contributed by atoms with Crippen LogP contribution in [0.25, 0.3) is 0 Å². The molecule has 5 nitrogen and oxygen atoms in total.